The molecule has 1 amide bonds. The Kier molecular flexibility index (Phi) is 3.68. The maximum atomic E-state index is 10.8. The Morgan fingerprint density at radius 1 is 1.47 bits per heavy atom. The molecule has 0 unspecified atom stereocenters. The standard InChI is InChI=1S/C10H10ClNO3/c1-6(13)15-9-3-2-8(11)4-7(9)5-10(12)14/h2-4H,5H2,1H3,(H2,12,14). The predicted octanol–water partition coefficient (Wildman–Crippen LogP) is 1.29. The van der Waals surface area contributed by atoms with Crippen molar-refractivity contribution in [3.8, 4) is 5.75 Å². The van der Waals surface area contributed by atoms with Crippen LogP contribution in [0.2, 0.25) is 5.02 Å². The second-order valence-corrected chi connectivity index (χ2v) is 3.43. The minimum absolute atomic E-state index is 0.0107. The molecule has 0 aromatic heterocycles. The van der Waals surface area contributed by atoms with Gasteiger partial charge in [-0.15, -0.1) is 0 Å². The van der Waals surface area contributed by atoms with Gasteiger partial charge in [-0.25, -0.2) is 0 Å². The fraction of sp³-hybridized carbons (Fsp3) is 0.200. The second-order valence-electron chi connectivity index (χ2n) is 2.99. The van der Waals surface area contributed by atoms with E-state index in [4.69, 9.17) is 22.1 Å². The minimum atomic E-state index is -0.509. The van der Waals surface area contributed by atoms with Crippen LogP contribution in [0.25, 0.3) is 0 Å². The average Bonchev–Trinajstić information content (AvgIpc) is 2.08. The Balaban J connectivity index is 3.02. The van der Waals surface area contributed by atoms with E-state index in [1.165, 1.54) is 13.0 Å². The van der Waals surface area contributed by atoms with E-state index in [0.29, 0.717) is 16.3 Å². The first-order valence-corrected chi connectivity index (χ1v) is 4.62. The van der Waals surface area contributed by atoms with Crippen molar-refractivity contribution in [1.82, 2.24) is 0 Å². The summed E-state index contributed by atoms with van der Waals surface area (Å²) in [6.07, 6.45) is -0.0107. The Hall–Kier alpha value is -1.55. The molecule has 1 rings (SSSR count). The highest BCUT2D eigenvalue weighted by Gasteiger charge is 2.09. The number of esters is 1. The van der Waals surface area contributed by atoms with E-state index < -0.39 is 11.9 Å². The summed E-state index contributed by atoms with van der Waals surface area (Å²) in [4.78, 5) is 21.5. The molecule has 0 radical (unpaired) electrons. The van der Waals surface area contributed by atoms with Gasteiger partial charge in [0, 0.05) is 17.5 Å². The van der Waals surface area contributed by atoms with Gasteiger partial charge in [-0.05, 0) is 18.2 Å². The zero-order chi connectivity index (χ0) is 11.4. The molecule has 2 N–H and O–H groups in total. The van der Waals surface area contributed by atoms with Crippen LogP contribution in [0.3, 0.4) is 0 Å². The lowest BCUT2D eigenvalue weighted by Crippen LogP contribution is -2.15. The molecule has 1 aromatic rings. The summed E-state index contributed by atoms with van der Waals surface area (Å²) < 4.78 is 4.90. The van der Waals surface area contributed by atoms with Crippen molar-refractivity contribution in [3.05, 3.63) is 28.8 Å². The van der Waals surface area contributed by atoms with Crippen molar-refractivity contribution in [2.75, 3.05) is 0 Å². The average molecular weight is 228 g/mol. The van der Waals surface area contributed by atoms with Crippen molar-refractivity contribution in [3.63, 3.8) is 0 Å². The highest BCUT2D eigenvalue weighted by Crippen LogP contribution is 2.23. The number of rotatable bonds is 3. The van der Waals surface area contributed by atoms with Gasteiger partial charge in [-0.1, -0.05) is 11.6 Å². The molecule has 0 spiro atoms. The van der Waals surface area contributed by atoms with Gasteiger partial charge < -0.3 is 10.5 Å². The molecule has 15 heavy (non-hydrogen) atoms. The lowest BCUT2D eigenvalue weighted by Gasteiger charge is -2.07. The van der Waals surface area contributed by atoms with Crippen LogP contribution in [0.5, 0.6) is 5.75 Å². The monoisotopic (exact) mass is 227 g/mol. The van der Waals surface area contributed by atoms with E-state index in [2.05, 4.69) is 0 Å². The fourth-order valence-corrected chi connectivity index (χ4v) is 1.32. The first kappa shape index (κ1) is 11.5. The van der Waals surface area contributed by atoms with Gasteiger partial charge in [-0.2, -0.15) is 0 Å². The lowest BCUT2D eigenvalue weighted by molar-refractivity contribution is -0.132. The summed E-state index contributed by atoms with van der Waals surface area (Å²) in [6, 6.07) is 4.65. The normalized spacial score (nSPS) is 9.73. The van der Waals surface area contributed by atoms with Crippen molar-refractivity contribution in [2.45, 2.75) is 13.3 Å². The third kappa shape index (κ3) is 3.59. The van der Waals surface area contributed by atoms with Crippen molar-refractivity contribution >= 4 is 23.5 Å². The summed E-state index contributed by atoms with van der Waals surface area (Å²) in [5.41, 5.74) is 5.56. The number of halogens is 1. The van der Waals surface area contributed by atoms with Crippen LogP contribution < -0.4 is 10.5 Å². The molecule has 4 nitrogen and oxygen atoms in total. The van der Waals surface area contributed by atoms with Crippen molar-refractivity contribution in [2.24, 2.45) is 5.73 Å². The number of carbonyl (C=O) groups is 2. The molecule has 0 saturated carbocycles. The SMILES string of the molecule is CC(=O)Oc1ccc(Cl)cc1CC(N)=O. The number of ether oxygens (including phenoxy) is 1. The molecule has 0 aliphatic carbocycles. The van der Waals surface area contributed by atoms with Gasteiger partial charge in [0.2, 0.25) is 5.91 Å². The first-order valence-electron chi connectivity index (χ1n) is 4.24. The molecular weight excluding hydrogens is 218 g/mol. The maximum absolute atomic E-state index is 10.8. The van der Waals surface area contributed by atoms with E-state index in [0.717, 1.165) is 0 Å². The Labute approximate surface area is 92.0 Å². The molecule has 0 aliphatic heterocycles. The summed E-state index contributed by atoms with van der Waals surface area (Å²) in [7, 11) is 0. The Bertz CT molecular complexity index is 404. The van der Waals surface area contributed by atoms with Crippen LogP contribution >= 0.6 is 11.6 Å². The highest BCUT2D eigenvalue weighted by molar-refractivity contribution is 6.30. The van der Waals surface area contributed by atoms with Crippen LogP contribution in [0.1, 0.15) is 12.5 Å². The minimum Gasteiger partial charge on any atom is -0.426 e. The topological polar surface area (TPSA) is 69.4 Å². The van der Waals surface area contributed by atoms with E-state index in [1.54, 1.807) is 12.1 Å². The van der Waals surface area contributed by atoms with Crippen molar-refractivity contribution < 1.29 is 14.3 Å². The summed E-state index contributed by atoms with van der Waals surface area (Å²) in [5, 5.41) is 0.460. The molecule has 1 aromatic carbocycles. The Morgan fingerprint density at radius 3 is 2.67 bits per heavy atom. The third-order valence-corrected chi connectivity index (χ3v) is 1.88. The zero-order valence-corrected chi connectivity index (χ0v) is 8.88. The number of hydrogen-bond acceptors (Lipinski definition) is 3. The van der Waals surface area contributed by atoms with Gasteiger partial charge in [-0.3, -0.25) is 9.59 Å². The molecule has 0 bridgehead atoms. The van der Waals surface area contributed by atoms with Crippen LogP contribution in [-0.4, -0.2) is 11.9 Å². The smallest absolute Gasteiger partial charge is 0.308 e. The van der Waals surface area contributed by atoms with Gasteiger partial charge in [0.15, 0.2) is 0 Å². The Morgan fingerprint density at radius 2 is 2.13 bits per heavy atom. The molecule has 0 saturated heterocycles. The van der Waals surface area contributed by atoms with Crippen LogP contribution in [0.4, 0.5) is 0 Å². The van der Waals surface area contributed by atoms with Crippen LogP contribution in [0, 0.1) is 0 Å². The van der Waals surface area contributed by atoms with Gasteiger partial charge in [0.1, 0.15) is 5.75 Å². The molecular formula is C10H10ClNO3. The zero-order valence-electron chi connectivity index (χ0n) is 8.12. The molecule has 0 fully saturated rings. The number of benzene rings is 1. The van der Waals surface area contributed by atoms with E-state index in [1.807, 2.05) is 0 Å². The molecule has 0 aliphatic rings. The number of primary amides is 1. The third-order valence-electron chi connectivity index (χ3n) is 1.64. The number of hydrogen-bond donors (Lipinski definition) is 1. The second kappa shape index (κ2) is 4.79. The van der Waals surface area contributed by atoms with Crippen molar-refractivity contribution in [1.29, 1.82) is 0 Å². The van der Waals surface area contributed by atoms with Crippen LogP contribution in [-0.2, 0) is 16.0 Å². The quantitative estimate of drug-likeness (QED) is 0.625. The lowest BCUT2D eigenvalue weighted by atomic mass is 10.1. The van der Waals surface area contributed by atoms with Crippen LogP contribution in [0.15, 0.2) is 18.2 Å². The summed E-state index contributed by atoms with van der Waals surface area (Å²) in [6.45, 7) is 1.28. The highest BCUT2D eigenvalue weighted by atomic mass is 35.5. The first-order chi connectivity index (χ1) is 6.99. The summed E-state index contributed by atoms with van der Waals surface area (Å²) in [5.74, 6) is -0.653. The van der Waals surface area contributed by atoms with Gasteiger partial charge in [0.05, 0.1) is 6.42 Å². The molecule has 0 heterocycles. The van der Waals surface area contributed by atoms with Gasteiger partial charge in [0.25, 0.3) is 0 Å². The molecule has 0 atom stereocenters. The van der Waals surface area contributed by atoms with E-state index in [9.17, 15) is 9.59 Å². The maximum Gasteiger partial charge on any atom is 0.308 e. The van der Waals surface area contributed by atoms with E-state index >= 15 is 0 Å². The van der Waals surface area contributed by atoms with Gasteiger partial charge >= 0.3 is 5.97 Å². The summed E-state index contributed by atoms with van der Waals surface area (Å²) >= 11 is 5.74. The number of nitrogens with two attached hydrogens (primary N) is 1. The molecule has 80 valence electrons. The molecule has 5 heteroatoms. The number of carbonyl (C=O) groups excluding carboxylic acids is 2. The predicted molar refractivity (Wildman–Crippen MR) is 55.7 cm³/mol. The van der Waals surface area contributed by atoms with E-state index in [-0.39, 0.29) is 6.42 Å². The fourth-order valence-electron chi connectivity index (χ4n) is 1.13. The largest absolute Gasteiger partial charge is 0.426 e. The number of amides is 1.